The van der Waals surface area contributed by atoms with Crippen molar-refractivity contribution in [2.24, 2.45) is 23.1 Å². The van der Waals surface area contributed by atoms with E-state index in [4.69, 9.17) is 17.2 Å². The lowest BCUT2D eigenvalue weighted by Gasteiger charge is -2.28. The molecule has 38 heavy (non-hydrogen) atoms. The Labute approximate surface area is 221 Å². The van der Waals surface area contributed by atoms with Crippen LogP contribution in [0.2, 0.25) is 0 Å². The SMILES string of the molecule is CCC(C)C(NC(=O)C(Cc1ccccc1)NC(=O)C(N)CCC(N)=O)C(=O)NC(CCC(N)=O)C(=O)O. The molecule has 0 saturated carbocycles. The molecular weight excluding hydrogens is 496 g/mol. The van der Waals surface area contributed by atoms with Crippen molar-refractivity contribution in [2.75, 3.05) is 0 Å². The van der Waals surface area contributed by atoms with Crippen LogP contribution < -0.4 is 33.2 Å². The number of hydrogen-bond donors (Lipinski definition) is 7. The van der Waals surface area contributed by atoms with Gasteiger partial charge in [0.1, 0.15) is 18.1 Å². The highest BCUT2D eigenvalue weighted by molar-refractivity contribution is 5.94. The zero-order chi connectivity index (χ0) is 28.8. The number of benzene rings is 1. The molecule has 0 saturated heterocycles. The van der Waals surface area contributed by atoms with Crippen molar-refractivity contribution in [1.29, 1.82) is 0 Å². The van der Waals surface area contributed by atoms with Crippen LogP contribution in [-0.2, 0) is 35.2 Å². The maximum Gasteiger partial charge on any atom is 0.326 e. The van der Waals surface area contributed by atoms with Gasteiger partial charge in [-0.2, -0.15) is 0 Å². The summed E-state index contributed by atoms with van der Waals surface area (Å²) < 4.78 is 0. The van der Waals surface area contributed by atoms with Gasteiger partial charge in [0.2, 0.25) is 29.5 Å². The van der Waals surface area contributed by atoms with Crippen molar-refractivity contribution in [1.82, 2.24) is 16.0 Å². The Morgan fingerprint density at radius 2 is 1.37 bits per heavy atom. The van der Waals surface area contributed by atoms with Crippen LogP contribution in [0.4, 0.5) is 0 Å². The molecule has 13 nitrogen and oxygen atoms in total. The quantitative estimate of drug-likeness (QED) is 0.126. The Morgan fingerprint density at radius 3 is 1.89 bits per heavy atom. The number of nitrogens with one attached hydrogen (secondary N) is 3. The summed E-state index contributed by atoms with van der Waals surface area (Å²) in [5, 5.41) is 17.0. The Bertz CT molecular complexity index is 988. The standard InChI is InChI=1S/C25H38N6O7/c1-3-14(2)21(24(36)29-17(25(37)38)10-12-20(28)33)31-23(35)18(13-15-7-5-4-6-8-15)30-22(34)16(26)9-11-19(27)32/h4-8,14,16-18,21H,3,9-13,26H2,1-2H3,(H2,27,32)(H2,28,33)(H,29,36)(H,30,34)(H,31,35)(H,37,38). The number of rotatable bonds is 17. The van der Waals surface area contributed by atoms with Crippen LogP contribution in [-0.4, -0.2) is 64.8 Å². The van der Waals surface area contributed by atoms with E-state index in [2.05, 4.69) is 16.0 Å². The van der Waals surface area contributed by atoms with E-state index in [0.717, 1.165) is 5.56 Å². The molecule has 0 heterocycles. The molecule has 0 bridgehead atoms. The van der Waals surface area contributed by atoms with E-state index in [1.54, 1.807) is 44.2 Å². The molecule has 0 aliphatic heterocycles. The summed E-state index contributed by atoms with van der Waals surface area (Å²) >= 11 is 0. The van der Waals surface area contributed by atoms with Gasteiger partial charge in [-0.05, 0) is 24.3 Å². The van der Waals surface area contributed by atoms with Crippen molar-refractivity contribution in [3.63, 3.8) is 0 Å². The summed E-state index contributed by atoms with van der Waals surface area (Å²) in [4.78, 5) is 72.8. The second-order valence-corrected chi connectivity index (χ2v) is 9.14. The van der Waals surface area contributed by atoms with Crippen LogP contribution >= 0.6 is 0 Å². The first-order valence-electron chi connectivity index (χ1n) is 12.4. The number of carboxylic acids is 1. The maximum atomic E-state index is 13.3. The highest BCUT2D eigenvalue weighted by Crippen LogP contribution is 2.11. The normalized spacial score (nSPS) is 14.7. The molecule has 0 aromatic heterocycles. The largest absolute Gasteiger partial charge is 0.480 e. The van der Waals surface area contributed by atoms with Gasteiger partial charge in [0.15, 0.2) is 0 Å². The van der Waals surface area contributed by atoms with Gasteiger partial charge in [0.05, 0.1) is 6.04 Å². The number of carbonyl (C=O) groups is 6. The van der Waals surface area contributed by atoms with E-state index in [-0.39, 0.29) is 32.1 Å². The molecule has 210 valence electrons. The molecule has 0 aliphatic rings. The molecule has 5 unspecified atom stereocenters. The number of hydrogen-bond acceptors (Lipinski definition) is 7. The molecule has 1 rings (SSSR count). The topological polar surface area (TPSA) is 237 Å². The number of primary amides is 2. The molecular formula is C25H38N6O7. The fourth-order valence-electron chi connectivity index (χ4n) is 3.53. The third-order valence-corrected chi connectivity index (χ3v) is 6.04. The Kier molecular flexibility index (Phi) is 13.5. The molecule has 0 fully saturated rings. The van der Waals surface area contributed by atoms with E-state index in [1.807, 2.05) is 0 Å². The number of nitrogens with two attached hydrogens (primary N) is 3. The summed E-state index contributed by atoms with van der Waals surface area (Å²) in [5.74, 6) is -5.22. The van der Waals surface area contributed by atoms with E-state index >= 15 is 0 Å². The van der Waals surface area contributed by atoms with Crippen molar-refractivity contribution >= 4 is 35.5 Å². The summed E-state index contributed by atoms with van der Waals surface area (Å²) in [6.45, 7) is 3.49. The monoisotopic (exact) mass is 534 g/mol. The summed E-state index contributed by atoms with van der Waals surface area (Å²) in [6, 6.07) is 4.08. The van der Waals surface area contributed by atoms with Crippen molar-refractivity contribution in [2.45, 2.75) is 76.5 Å². The van der Waals surface area contributed by atoms with Gasteiger partial charge in [0.25, 0.3) is 0 Å². The Morgan fingerprint density at radius 1 is 0.816 bits per heavy atom. The lowest BCUT2D eigenvalue weighted by Crippen LogP contribution is -2.59. The maximum absolute atomic E-state index is 13.3. The summed E-state index contributed by atoms with van der Waals surface area (Å²) in [7, 11) is 0. The Balaban J connectivity index is 3.11. The fourth-order valence-corrected chi connectivity index (χ4v) is 3.53. The zero-order valence-electron chi connectivity index (χ0n) is 21.6. The smallest absolute Gasteiger partial charge is 0.326 e. The van der Waals surface area contributed by atoms with Crippen LogP contribution in [0, 0.1) is 5.92 Å². The molecule has 0 aliphatic carbocycles. The lowest BCUT2D eigenvalue weighted by atomic mass is 9.96. The Hall–Kier alpha value is -4.00. The molecule has 1 aromatic rings. The summed E-state index contributed by atoms with van der Waals surface area (Å²) in [6.07, 6.45) is -0.0506. The fraction of sp³-hybridized carbons (Fsp3) is 0.520. The highest BCUT2D eigenvalue weighted by Gasteiger charge is 2.33. The molecule has 5 amide bonds. The molecule has 5 atom stereocenters. The highest BCUT2D eigenvalue weighted by atomic mass is 16.4. The van der Waals surface area contributed by atoms with E-state index in [1.165, 1.54) is 0 Å². The van der Waals surface area contributed by atoms with Crippen molar-refractivity contribution in [3.8, 4) is 0 Å². The van der Waals surface area contributed by atoms with Crippen LogP contribution in [0.1, 0.15) is 51.5 Å². The third kappa shape index (κ3) is 11.4. The van der Waals surface area contributed by atoms with E-state index in [0.29, 0.717) is 6.42 Å². The van der Waals surface area contributed by atoms with E-state index < -0.39 is 65.6 Å². The molecule has 13 heteroatoms. The first-order chi connectivity index (χ1) is 17.8. The summed E-state index contributed by atoms with van der Waals surface area (Å²) in [5.41, 5.74) is 16.8. The number of carbonyl (C=O) groups excluding carboxylic acids is 5. The van der Waals surface area contributed by atoms with Gasteiger partial charge in [0, 0.05) is 19.3 Å². The minimum absolute atomic E-state index is 0.0133. The molecule has 1 aromatic carbocycles. The lowest BCUT2D eigenvalue weighted by molar-refractivity contribution is -0.143. The average molecular weight is 535 g/mol. The predicted molar refractivity (Wildman–Crippen MR) is 138 cm³/mol. The average Bonchev–Trinajstić information content (AvgIpc) is 2.87. The van der Waals surface area contributed by atoms with Gasteiger partial charge in [-0.1, -0.05) is 50.6 Å². The van der Waals surface area contributed by atoms with Gasteiger partial charge < -0.3 is 38.3 Å². The molecule has 0 radical (unpaired) electrons. The van der Waals surface area contributed by atoms with Crippen molar-refractivity contribution < 1.29 is 33.9 Å². The first-order valence-corrected chi connectivity index (χ1v) is 12.4. The van der Waals surface area contributed by atoms with Gasteiger partial charge in [-0.15, -0.1) is 0 Å². The second-order valence-electron chi connectivity index (χ2n) is 9.14. The number of aliphatic carboxylic acids is 1. The number of carboxylic acid groups (broad SMARTS) is 1. The third-order valence-electron chi connectivity index (χ3n) is 6.04. The van der Waals surface area contributed by atoms with E-state index in [9.17, 15) is 33.9 Å². The molecule has 10 N–H and O–H groups in total. The van der Waals surface area contributed by atoms with Crippen LogP contribution in [0.3, 0.4) is 0 Å². The predicted octanol–water partition coefficient (Wildman–Crippen LogP) is -1.33. The number of amides is 5. The van der Waals surface area contributed by atoms with Gasteiger partial charge in [-0.3, -0.25) is 24.0 Å². The van der Waals surface area contributed by atoms with Crippen LogP contribution in [0.15, 0.2) is 30.3 Å². The minimum Gasteiger partial charge on any atom is -0.480 e. The molecule has 0 spiro atoms. The van der Waals surface area contributed by atoms with Gasteiger partial charge >= 0.3 is 5.97 Å². The van der Waals surface area contributed by atoms with Gasteiger partial charge in [-0.25, -0.2) is 4.79 Å². The zero-order valence-corrected chi connectivity index (χ0v) is 21.6. The first kappa shape index (κ1) is 32.0. The second kappa shape index (κ2) is 16.0. The van der Waals surface area contributed by atoms with Crippen LogP contribution in [0.5, 0.6) is 0 Å². The van der Waals surface area contributed by atoms with Crippen molar-refractivity contribution in [3.05, 3.63) is 35.9 Å². The minimum atomic E-state index is -1.39. The van der Waals surface area contributed by atoms with Crippen LogP contribution in [0.25, 0.3) is 0 Å².